The van der Waals surface area contributed by atoms with Crippen molar-refractivity contribution in [2.24, 2.45) is 7.05 Å². The molecule has 1 fully saturated rings. The van der Waals surface area contributed by atoms with Crippen molar-refractivity contribution in [1.82, 2.24) is 9.63 Å². The zero-order chi connectivity index (χ0) is 12.4. The van der Waals surface area contributed by atoms with E-state index in [2.05, 4.69) is 0 Å². The second kappa shape index (κ2) is 4.71. The van der Waals surface area contributed by atoms with Crippen molar-refractivity contribution < 1.29 is 14.4 Å². The molecule has 1 aliphatic heterocycles. The molecule has 1 amide bonds. The number of hydrogen-bond donors (Lipinski definition) is 0. The molecule has 0 aliphatic carbocycles. The van der Waals surface area contributed by atoms with Gasteiger partial charge in [-0.3, -0.25) is 14.4 Å². The van der Waals surface area contributed by atoms with Crippen LogP contribution in [0.2, 0.25) is 0 Å². The molecule has 17 heavy (non-hydrogen) atoms. The summed E-state index contributed by atoms with van der Waals surface area (Å²) in [6.45, 7) is 2.68. The average Bonchev–Trinajstić information content (AvgIpc) is 2.72. The minimum atomic E-state index is -0.181. The fraction of sp³-hybridized carbons (Fsp3) is 0.500. The molecular weight excluding hydrogens is 220 g/mol. The number of amides is 1. The quantitative estimate of drug-likeness (QED) is 0.729. The van der Waals surface area contributed by atoms with Crippen molar-refractivity contribution in [3.8, 4) is 0 Å². The van der Waals surface area contributed by atoms with E-state index in [1.165, 1.54) is 12.0 Å². The van der Waals surface area contributed by atoms with Gasteiger partial charge in [0.2, 0.25) is 0 Å². The largest absolute Gasteiger partial charge is 0.346 e. The first kappa shape index (κ1) is 11.9. The van der Waals surface area contributed by atoms with E-state index in [9.17, 15) is 9.59 Å². The molecule has 0 radical (unpaired) electrons. The molecule has 1 aliphatic rings. The molecule has 92 valence electrons. The number of Topliss-reactive ketones (excluding diaryl/α,β-unsaturated/α-hetero) is 1. The maximum Gasteiger partial charge on any atom is 0.294 e. The van der Waals surface area contributed by atoms with Gasteiger partial charge >= 0.3 is 0 Å². The van der Waals surface area contributed by atoms with E-state index < -0.39 is 0 Å². The Labute approximate surface area is 99.9 Å². The SMILES string of the molecule is CC(=O)c1cc(C(=O)N2CCCCO2)n(C)c1. The number of nitrogens with zero attached hydrogens (tertiary/aromatic N) is 2. The highest BCUT2D eigenvalue weighted by Crippen LogP contribution is 2.14. The van der Waals surface area contributed by atoms with Crippen LogP contribution in [0.3, 0.4) is 0 Å². The minimum absolute atomic E-state index is 0.0424. The molecule has 0 unspecified atom stereocenters. The molecule has 0 bridgehead atoms. The Kier molecular flexibility index (Phi) is 3.28. The van der Waals surface area contributed by atoms with Gasteiger partial charge in [0.25, 0.3) is 5.91 Å². The van der Waals surface area contributed by atoms with Gasteiger partial charge in [-0.2, -0.15) is 0 Å². The van der Waals surface area contributed by atoms with Gasteiger partial charge < -0.3 is 4.57 Å². The summed E-state index contributed by atoms with van der Waals surface area (Å²) in [5, 5.41) is 1.38. The van der Waals surface area contributed by atoms with Crippen LogP contribution in [0.25, 0.3) is 0 Å². The summed E-state index contributed by atoms with van der Waals surface area (Å²) < 4.78 is 1.66. The molecule has 2 heterocycles. The predicted octanol–water partition coefficient (Wildman–Crippen LogP) is 1.40. The van der Waals surface area contributed by atoms with Gasteiger partial charge in [-0.25, -0.2) is 5.06 Å². The second-order valence-corrected chi connectivity index (χ2v) is 4.23. The zero-order valence-electron chi connectivity index (χ0n) is 10.1. The van der Waals surface area contributed by atoms with E-state index in [0.29, 0.717) is 24.4 Å². The van der Waals surface area contributed by atoms with Crippen LogP contribution in [0.5, 0.6) is 0 Å². The highest BCUT2D eigenvalue weighted by molar-refractivity contribution is 5.99. The highest BCUT2D eigenvalue weighted by atomic mass is 16.7. The normalized spacial score (nSPS) is 16.0. The van der Waals surface area contributed by atoms with Crippen LogP contribution in [-0.2, 0) is 11.9 Å². The fourth-order valence-electron chi connectivity index (χ4n) is 1.85. The van der Waals surface area contributed by atoms with Crippen LogP contribution >= 0.6 is 0 Å². The molecule has 2 rings (SSSR count). The van der Waals surface area contributed by atoms with Gasteiger partial charge in [0, 0.05) is 25.4 Å². The van der Waals surface area contributed by atoms with Gasteiger partial charge in [-0.1, -0.05) is 0 Å². The Bertz CT molecular complexity index is 445. The lowest BCUT2D eigenvalue weighted by Gasteiger charge is -2.25. The molecular formula is C12H16N2O3. The monoisotopic (exact) mass is 236 g/mol. The maximum absolute atomic E-state index is 12.1. The Hall–Kier alpha value is -1.62. The summed E-state index contributed by atoms with van der Waals surface area (Å²) in [6.07, 6.45) is 3.60. The van der Waals surface area contributed by atoms with Crippen molar-refractivity contribution in [3.63, 3.8) is 0 Å². The molecule has 1 saturated heterocycles. The van der Waals surface area contributed by atoms with Crippen LogP contribution in [0.15, 0.2) is 12.3 Å². The Morgan fingerprint density at radius 2 is 2.12 bits per heavy atom. The summed E-state index contributed by atoms with van der Waals surface area (Å²) in [5.74, 6) is -0.223. The molecule has 0 saturated carbocycles. The predicted molar refractivity (Wildman–Crippen MR) is 61.6 cm³/mol. The molecule has 0 spiro atoms. The van der Waals surface area contributed by atoms with E-state index >= 15 is 0 Å². The van der Waals surface area contributed by atoms with Gasteiger partial charge in [-0.05, 0) is 25.8 Å². The van der Waals surface area contributed by atoms with Gasteiger partial charge in [-0.15, -0.1) is 0 Å². The maximum atomic E-state index is 12.1. The average molecular weight is 236 g/mol. The first-order valence-corrected chi connectivity index (χ1v) is 5.71. The molecule has 5 nitrogen and oxygen atoms in total. The third kappa shape index (κ3) is 2.39. The van der Waals surface area contributed by atoms with Crippen LogP contribution in [0.4, 0.5) is 0 Å². The van der Waals surface area contributed by atoms with Crippen LogP contribution in [-0.4, -0.2) is 34.5 Å². The molecule has 1 aromatic heterocycles. The summed E-state index contributed by atoms with van der Waals surface area (Å²) in [6, 6.07) is 1.61. The number of aryl methyl sites for hydroxylation is 1. The summed E-state index contributed by atoms with van der Waals surface area (Å²) in [4.78, 5) is 28.7. The number of carbonyl (C=O) groups excluding carboxylic acids is 2. The smallest absolute Gasteiger partial charge is 0.294 e. The second-order valence-electron chi connectivity index (χ2n) is 4.23. The van der Waals surface area contributed by atoms with Crippen molar-refractivity contribution in [2.45, 2.75) is 19.8 Å². The topological polar surface area (TPSA) is 51.5 Å². The first-order chi connectivity index (χ1) is 8.09. The Morgan fingerprint density at radius 3 is 2.65 bits per heavy atom. The number of hydroxylamine groups is 2. The van der Waals surface area contributed by atoms with Crippen molar-refractivity contribution in [3.05, 3.63) is 23.5 Å². The van der Waals surface area contributed by atoms with E-state index in [0.717, 1.165) is 12.8 Å². The third-order valence-electron chi connectivity index (χ3n) is 2.86. The lowest BCUT2D eigenvalue weighted by atomic mass is 10.2. The number of rotatable bonds is 2. The summed E-state index contributed by atoms with van der Waals surface area (Å²) in [5.41, 5.74) is 1.03. The minimum Gasteiger partial charge on any atom is -0.346 e. The van der Waals surface area contributed by atoms with E-state index in [1.807, 2.05) is 0 Å². The van der Waals surface area contributed by atoms with Gasteiger partial charge in [0.15, 0.2) is 5.78 Å². The molecule has 0 N–H and O–H groups in total. The van der Waals surface area contributed by atoms with Crippen molar-refractivity contribution in [2.75, 3.05) is 13.2 Å². The summed E-state index contributed by atoms with van der Waals surface area (Å²) >= 11 is 0. The number of hydrogen-bond acceptors (Lipinski definition) is 3. The Morgan fingerprint density at radius 1 is 1.35 bits per heavy atom. The number of ketones is 1. The van der Waals surface area contributed by atoms with E-state index in [-0.39, 0.29) is 11.7 Å². The van der Waals surface area contributed by atoms with Crippen LogP contribution < -0.4 is 0 Å². The number of aromatic nitrogens is 1. The molecule has 5 heteroatoms. The van der Waals surface area contributed by atoms with E-state index in [4.69, 9.17) is 4.84 Å². The first-order valence-electron chi connectivity index (χ1n) is 5.71. The number of carbonyl (C=O) groups is 2. The molecule has 0 aromatic carbocycles. The van der Waals surface area contributed by atoms with Crippen molar-refractivity contribution in [1.29, 1.82) is 0 Å². The lowest BCUT2D eigenvalue weighted by molar-refractivity contribution is -0.144. The highest BCUT2D eigenvalue weighted by Gasteiger charge is 2.22. The van der Waals surface area contributed by atoms with Crippen LogP contribution in [0, 0.1) is 0 Å². The zero-order valence-corrected chi connectivity index (χ0v) is 10.1. The lowest BCUT2D eigenvalue weighted by Crippen LogP contribution is -2.36. The standard InChI is InChI=1S/C12H16N2O3/c1-9(15)10-7-11(13(2)8-10)12(16)14-5-3-4-6-17-14/h7-8H,3-6H2,1-2H3. The summed E-state index contributed by atoms with van der Waals surface area (Å²) in [7, 11) is 1.75. The van der Waals surface area contributed by atoms with Crippen molar-refractivity contribution >= 4 is 11.7 Å². The fourth-order valence-corrected chi connectivity index (χ4v) is 1.85. The van der Waals surface area contributed by atoms with Crippen LogP contribution in [0.1, 0.15) is 40.6 Å². The van der Waals surface area contributed by atoms with Gasteiger partial charge in [0.05, 0.1) is 6.61 Å². The molecule has 1 aromatic rings. The van der Waals surface area contributed by atoms with Gasteiger partial charge in [0.1, 0.15) is 5.69 Å². The van der Waals surface area contributed by atoms with E-state index in [1.54, 1.807) is 23.9 Å². The third-order valence-corrected chi connectivity index (χ3v) is 2.86. The molecule has 0 atom stereocenters. The Balaban J connectivity index is 2.20.